The lowest BCUT2D eigenvalue weighted by atomic mass is 9.78. The summed E-state index contributed by atoms with van der Waals surface area (Å²) in [7, 11) is -0.601. The lowest BCUT2D eigenvalue weighted by molar-refractivity contribution is -0.321. The van der Waals surface area contributed by atoms with Gasteiger partial charge in [0.2, 0.25) is 11.9 Å². The summed E-state index contributed by atoms with van der Waals surface area (Å²) in [4.78, 5) is 48.0. The smallest absolute Gasteiger partial charge is 0.463 e. The number of ether oxygens (including phenoxy) is 6. The lowest BCUT2D eigenvalue weighted by Crippen LogP contribution is -2.70. The summed E-state index contributed by atoms with van der Waals surface area (Å²) in [5.41, 5.74) is -1.40. The third kappa shape index (κ3) is 7.20. The topological polar surface area (TPSA) is 142 Å². The van der Waals surface area contributed by atoms with Crippen LogP contribution in [-0.2, 0) is 52.2 Å². The highest BCUT2D eigenvalue weighted by atomic mass is 16.7. The third-order valence-corrected chi connectivity index (χ3v) is 7.36. The van der Waals surface area contributed by atoms with Crippen molar-refractivity contribution < 1.29 is 56.9 Å². The van der Waals surface area contributed by atoms with E-state index >= 15 is 0 Å². The van der Waals surface area contributed by atoms with Crippen LogP contribution in [0.25, 0.3) is 0 Å². The Bertz CT molecular complexity index is 1160. The molecule has 0 aromatic heterocycles. The molecule has 1 aromatic carbocycles. The minimum Gasteiger partial charge on any atom is -0.463 e. The predicted molar refractivity (Wildman–Crippen MR) is 144 cm³/mol. The molecule has 0 amide bonds. The van der Waals surface area contributed by atoms with Crippen LogP contribution in [0.15, 0.2) is 18.2 Å². The summed E-state index contributed by atoms with van der Waals surface area (Å²) in [5.74, 6) is -2.44. The second-order valence-electron chi connectivity index (χ2n) is 11.4. The van der Waals surface area contributed by atoms with Crippen LogP contribution in [0.1, 0.15) is 67.9 Å². The fourth-order valence-electron chi connectivity index (χ4n) is 4.66. The molecule has 2 aliphatic rings. The van der Waals surface area contributed by atoms with Crippen LogP contribution < -0.4 is 10.2 Å². The molecule has 12 nitrogen and oxygen atoms in total. The number of benzene rings is 1. The van der Waals surface area contributed by atoms with Crippen molar-refractivity contribution in [2.75, 3.05) is 6.61 Å². The molecule has 41 heavy (non-hydrogen) atoms. The Kier molecular flexibility index (Phi) is 9.46. The Morgan fingerprint density at radius 1 is 0.854 bits per heavy atom. The molecule has 3 rings (SSSR count). The van der Waals surface area contributed by atoms with Gasteiger partial charge in [-0.1, -0.05) is 12.1 Å². The van der Waals surface area contributed by atoms with E-state index in [-0.39, 0.29) is 6.61 Å². The zero-order valence-corrected chi connectivity index (χ0v) is 25.2. The summed E-state index contributed by atoms with van der Waals surface area (Å²) >= 11 is 0. The molecule has 2 fully saturated rings. The van der Waals surface area contributed by atoms with E-state index in [9.17, 15) is 19.2 Å². The van der Waals surface area contributed by atoms with E-state index in [1.807, 2.05) is 33.8 Å². The number of esters is 4. The molecule has 0 bridgehead atoms. The van der Waals surface area contributed by atoms with Crippen LogP contribution in [0.5, 0.6) is 5.75 Å². The van der Waals surface area contributed by atoms with E-state index in [4.69, 9.17) is 37.7 Å². The van der Waals surface area contributed by atoms with E-state index < -0.39 is 72.4 Å². The quantitative estimate of drug-likeness (QED) is 0.253. The van der Waals surface area contributed by atoms with Crippen LogP contribution in [0.2, 0.25) is 0 Å². The highest BCUT2D eigenvalue weighted by Gasteiger charge is 2.61. The van der Waals surface area contributed by atoms with Gasteiger partial charge in [-0.05, 0) is 58.6 Å². The second kappa shape index (κ2) is 12.0. The first kappa shape index (κ1) is 32.4. The number of hydrogen-bond donors (Lipinski definition) is 0. The first-order valence-corrected chi connectivity index (χ1v) is 13.3. The SMILES string of the molecule is CC(=O)OC[C@H]1O[C@H](Oc2ccc(B3OC(C)(C)C(C)(C)O3)cc2C)[C@@](C)(OC(C)=O)[C@@H](OC(C)=O)[C@@H]1OC(C)=O. The number of rotatable bonds is 8. The van der Waals surface area contributed by atoms with E-state index in [0.717, 1.165) is 19.3 Å². The number of aryl methyl sites for hydroxylation is 1. The van der Waals surface area contributed by atoms with Gasteiger partial charge in [-0.15, -0.1) is 0 Å². The Hall–Kier alpha value is -3.16. The normalized spacial score (nSPS) is 28.4. The zero-order valence-electron chi connectivity index (χ0n) is 25.2. The summed E-state index contributed by atoms with van der Waals surface area (Å²) in [5, 5.41) is 0. The molecule has 5 atom stereocenters. The molecule has 13 heteroatoms. The second-order valence-corrected chi connectivity index (χ2v) is 11.4. The van der Waals surface area contributed by atoms with Crippen molar-refractivity contribution in [2.24, 2.45) is 0 Å². The van der Waals surface area contributed by atoms with Gasteiger partial charge < -0.3 is 37.7 Å². The molecule has 0 spiro atoms. The van der Waals surface area contributed by atoms with Gasteiger partial charge in [-0.25, -0.2) is 0 Å². The molecule has 0 N–H and O–H groups in total. The number of hydrogen-bond acceptors (Lipinski definition) is 12. The van der Waals surface area contributed by atoms with Crippen molar-refractivity contribution in [1.29, 1.82) is 0 Å². The molecule has 226 valence electrons. The number of carbonyl (C=O) groups excluding carboxylic acids is 4. The highest BCUT2D eigenvalue weighted by molar-refractivity contribution is 6.62. The van der Waals surface area contributed by atoms with Crippen LogP contribution >= 0.6 is 0 Å². The van der Waals surface area contributed by atoms with Gasteiger partial charge in [-0.3, -0.25) is 19.2 Å². The predicted octanol–water partition coefficient (Wildman–Crippen LogP) is 2.15. The molecule has 2 aliphatic heterocycles. The molecule has 0 saturated carbocycles. The minimum absolute atomic E-state index is 0.354. The van der Waals surface area contributed by atoms with Gasteiger partial charge in [0.15, 0.2) is 12.2 Å². The maximum Gasteiger partial charge on any atom is 0.494 e. The Labute approximate surface area is 240 Å². The highest BCUT2D eigenvalue weighted by Crippen LogP contribution is 2.40. The van der Waals surface area contributed by atoms with Crippen molar-refractivity contribution in [1.82, 2.24) is 0 Å². The standard InChI is InChI=1S/C28H39BO12/c1-15-13-20(29-40-26(6,7)27(8,9)41-29)11-12-21(15)37-25-28(10,39-19(5)33)24(36-18(4)32)23(35-17(3)31)22(38-25)14-34-16(2)30/h11-13,22-25H,14H2,1-10H3/t22-,23-,24+,25+,28+/m1/s1. The van der Waals surface area contributed by atoms with Gasteiger partial charge in [0, 0.05) is 27.7 Å². The summed E-state index contributed by atoms with van der Waals surface area (Å²) in [6.45, 7) is 15.4. The van der Waals surface area contributed by atoms with E-state index in [1.54, 1.807) is 19.1 Å². The fourth-order valence-corrected chi connectivity index (χ4v) is 4.66. The number of carbonyl (C=O) groups is 4. The monoisotopic (exact) mass is 578 g/mol. The Morgan fingerprint density at radius 2 is 1.44 bits per heavy atom. The van der Waals surface area contributed by atoms with Crippen LogP contribution in [-0.4, -0.2) is 79.0 Å². The molecule has 0 radical (unpaired) electrons. The van der Waals surface area contributed by atoms with Crippen LogP contribution in [0, 0.1) is 6.92 Å². The third-order valence-electron chi connectivity index (χ3n) is 7.36. The summed E-state index contributed by atoms with van der Waals surface area (Å²) in [6.07, 6.45) is -5.20. The minimum atomic E-state index is -1.79. The van der Waals surface area contributed by atoms with Crippen molar-refractivity contribution >= 4 is 36.5 Å². The lowest BCUT2D eigenvalue weighted by Gasteiger charge is -2.49. The van der Waals surface area contributed by atoms with Gasteiger partial charge in [0.05, 0.1) is 11.2 Å². The molecule has 0 aliphatic carbocycles. The van der Waals surface area contributed by atoms with Crippen molar-refractivity contribution in [2.45, 2.75) is 111 Å². The van der Waals surface area contributed by atoms with Gasteiger partial charge in [0.1, 0.15) is 18.5 Å². The average Bonchev–Trinajstić information content (AvgIpc) is 3.04. The molecule has 1 aromatic rings. The van der Waals surface area contributed by atoms with E-state index in [1.165, 1.54) is 20.8 Å². The van der Waals surface area contributed by atoms with Crippen molar-refractivity contribution in [3.63, 3.8) is 0 Å². The maximum absolute atomic E-state index is 12.3. The molecule has 2 saturated heterocycles. The van der Waals surface area contributed by atoms with Gasteiger partial charge in [-0.2, -0.15) is 0 Å². The molecule has 0 unspecified atom stereocenters. The molecule has 2 heterocycles. The Morgan fingerprint density at radius 3 is 1.93 bits per heavy atom. The van der Waals surface area contributed by atoms with Crippen LogP contribution in [0.4, 0.5) is 0 Å². The average molecular weight is 578 g/mol. The van der Waals surface area contributed by atoms with E-state index in [2.05, 4.69) is 0 Å². The molecular formula is C28H39BO12. The first-order chi connectivity index (χ1) is 18.9. The van der Waals surface area contributed by atoms with Crippen molar-refractivity contribution in [3.8, 4) is 5.75 Å². The van der Waals surface area contributed by atoms with Gasteiger partial charge >= 0.3 is 31.0 Å². The van der Waals surface area contributed by atoms with E-state index in [0.29, 0.717) is 11.3 Å². The van der Waals surface area contributed by atoms with Gasteiger partial charge in [0.25, 0.3) is 0 Å². The zero-order chi connectivity index (χ0) is 30.9. The van der Waals surface area contributed by atoms with Crippen molar-refractivity contribution in [3.05, 3.63) is 23.8 Å². The fraction of sp³-hybridized carbons (Fsp3) is 0.643. The van der Waals surface area contributed by atoms with Crippen LogP contribution in [0.3, 0.4) is 0 Å². The first-order valence-electron chi connectivity index (χ1n) is 13.3. The largest absolute Gasteiger partial charge is 0.494 e. The molecular weight excluding hydrogens is 539 g/mol. The summed E-state index contributed by atoms with van der Waals surface area (Å²) in [6, 6.07) is 5.30. The Balaban J connectivity index is 2.00. The summed E-state index contributed by atoms with van der Waals surface area (Å²) < 4.78 is 46.5. The maximum atomic E-state index is 12.3.